The number of fused-ring (bicyclic) bond motifs is 1. The van der Waals surface area contributed by atoms with E-state index in [9.17, 15) is 50.0 Å². The van der Waals surface area contributed by atoms with Crippen LogP contribution in [0.4, 0.5) is 14.5 Å². The van der Waals surface area contributed by atoms with E-state index < -0.39 is 63.7 Å². The average Bonchev–Trinajstić information content (AvgIpc) is 3.49. The van der Waals surface area contributed by atoms with E-state index in [4.69, 9.17) is 28.8 Å². The molecular formula is C39H54BF2N3O11. The summed E-state index contributed by atoms with van der Waals surface area (Å²) in [7, 11) is 8.37. The zero-order valence-electron chi connectivity index (χ0n) is 31.7. The Labute approximate surface area is 326 Å². The van der Waals surface area contributed by atoms with Crippen LogP contribution in [0.25, 0.3) is 27.7 Å². The first-order valence-electron chi connectivity index (χ1n) is 17.3. The second kappa shape index (κ2) is 19.1. The molecule has 14 nitrogen and oxygen atoms in total. The number of aliphatic hydroxyl groups is 8. The molecule has 1 aliphatic rings. The van der Waals surface area contributed by atoms with Gasteiger partial charge in [0.1, 0.15) is 5.60 Å². The van der Waals surface area contributed by atoms with Crippen molar-refractivity contribution in [2.75, 3.05) is 20.0 Å². The van der Waals surface area contributed by atoms with Gasteiger partial charge in [-0.2, -0.15) is 0 Å². The van der Waals surface area contributed by atoms with Crippen molar-refractivity contribution in [3.63, 3.8) is 0 Å². The molecule has 1 heterocycles. The standard InChI is InChI=1S/C30H28BF2N3O10.C5H12.C2H6.CH4O.CH4/c1-27(39)21(25(31)28(40,41)30(44,45)29(27,42)43)24-19(12-3-5-13(6-4-12)26(37)38)20-17(9-14(11-34)23(35)22(20)33)36(24)15-7-8-16(32)18(10-15)46-2;1-3-5-4-2;2*1-2;/h3-11,21,25,34,39-45H,35H2,1-2H3,(H,37,38);3-5H2,1-2H3;1-2H3;2H,1H3;1H4. The molecule has 0 amide bonds. The van der Waals surface area contributed by atoms with Crippen LogP contribution in [0.15, 0.2) is 48.5 Å². The maximum atomic E-state index is 16.4. The fourth-order valence-electron chi connectivity index (χ4n) is 6.44. The van der Waals surface area contributed by atoms with Crippen molar-refractivity contribution in [1.29, 1.82) is 5.41 Å². The minimum atomic E-state index is -4.28. The number of methoxy groups -OCH3 is 1. The minimum Gasteiger partial charge on any atom is -0.494 e. The first-order valence-corrected chi connectivity index (χ1v) is 17.3. The van der Waals surface area contributed by atoms with Crippen molar-refractivity contribution >= 4 is 36.6 Å². The Bertz CT molecular complexity index is 1960. The summed E-state index contributed by atoms with van der Waals surface area (Å²) >= 11 is 0. The number of nitrogens with zero attached hydrogens (tertiary/aromatic N) is 1. The van der Waals surface area contributed by atoms with Gasteiger partial charge in [0.2, 0.25) is 5.79 Å². The number of carboxylic acid groups (broad SMARTS) is 1. The van der Waals surface area contributed by atoms with E-state index in [-0.39, 0.29) is 52.0 Å². The predicted octanol–water partition coefficient (Wildman–Crippen LogP) is 4.18. The van der Waals surface area contributed by atoms with Crippen LogP contribution in [0.1, 0.15) is 88.8 Å². The Morgan fingerprint density at radius 3 is 1.95 bits per heavy atom. The van der Waals surface area contributed by atoms with Gasteiger partial charge >= 0.3 is 5.97 Å². The normalized spacial score (nSPS) is 20.1. The first-order chi connectivity index (χ1) is 25.7. The third kappa shape index (κ3) is 8.17. The molecule has 3 unspecified atom stereocenters. The number of carbonyl (C=O) groups is 1. The lowest BCUT2D eigenvalue weighted by molar-refractivity contribution is -0.500. The van der Waals surface area contributed by atoms with Crippen LogP contribution >= 0.6 is 0 Å². The van der Waals surface area contributed by atoms with Gasteiger partial charge in [-0.25, -0.2) is 13.6 Å². The number of anilines is 1. The van der Waals surface area contributed by atoms with Crippen molar-refractivity contribution in [3.05, 3.63) is 77.0 Å². The molecule has 5 rings (SSSR count). The molecule has 17 heteroatoms. The number of hydrogen-bond donors (Lipinski definition) is 11. The van der Waals surface area contributed by atoms with E-state index >= 15 is 4.39 Å². The molecule has 3 aromatic carbocycles. The number of nitrogen functional groups attached to an aromatic ring is 1. The van der Waals surface area contributed by atoms with E-state index in [2.05, 4.69) is 13.8 Å². The van der Waals surface area contributed by atoms with Gasteiger partial charge in [-0.3, -0.25) is 0 Å². The molecule has 308 valence electrons. The highest BCUT2D eigenvalue weighted by atomic mass is 19.1. The van der Waals surface area contributed by atoms with E-state index in [0.717, 1.165) is 49.3 Å². The Morgan fingerprint density at radius 2 is 1.50 bits per heavy atom. The summed E-state index contributed by atoms with van der Waals surface area (Å²) in [4.78, 5) is 11.6. The molecule has 1 aromatic heterocycles. The lowest BCUT2D eigenvalue weighted by Crippen LogP contribution is -2.82. The average molecular weight is 790 g/mol. The van der Waals surface area contributed by atoms with Crippen LogP contribution in [-0.2, 0) is 0 Å². The number of aliphatic hydroxyl groups excluding tert-OH is 1. The van der Waals surface area contributed by atoms with Gasteiger partial charge in [-0.05, 0) is 48.6 Å². The van der Waals surface area contributed by atoms with Crippen LogP contribution in [-0.4, -0.2) is 108 Å². The summed E-state index contributed by atoms with van der Waals surface area (Å²) in [5.41, 5.74) is 1.06. The predicted molar refractivity (Wildman–Crippen MR) is 210 cm³/mol. The Morgan fingerprint density at radius 1 is 0.964 bits per heavy atom. The molecular weight excluding hydrogens is 735 g/mol. The van der Waals surface area contributed by atoms with Gasteiger partial charge < -0.3 is 66.4 Å². The molecule has 4 aromatic rings. The van der Waals surface area contributed by atoms with Gasteiger partial charge in [0.05, 0.1) is 31.7 Å². The summed E-state index contributed by atoms with van der Waals surface area (Å²) in [5, 5.41) is 100. The number of nitrogens with two attached hydrogens (primary N) is 1. The quantitative estimate of drug-likeness (QED) is 0.0520. The van der Waals surface area contributed by atoms with Crippen LogP contribution in [0.5, 0.6) is 5.75 Å². The van der Waals surface area contributed by atoms with Crippen LogP contribution < -0.4 is 10.5 Å². The number of unbranched alkanes of at least 4 members (excludes halogenated alkanes) is 2. The molecule has 0 spiro atoms. The SMILES string of the molecule is C.CC.CCCCC.CO.[B]C1C(c2c(-c3ccc(C(=O)O)cc3)c3c(F)c(N)c(C=N)cc3n2-c2ccc(F)c(OC)c2)C(C)(O)C(O)(O)C(O)(O)C1(O)O. The van der Waals surface area contributed by atoms with Crippen LogP contribution in [0, 0.1) is 17.0 Å². The number of rotatable bonds is 8. The fourth-order valence-corrected chi connectivity index (χ4v) is 6.44. The molecule has 0 bridgehead atoms. The van der Waals surface area contributed by atoms with Crippen molar-refractivity contribution in [1.82, 2.24) is 4.57 Å². The summed E-state index contributed by atoms with van der Waals surface area (Å²) in [5.74, 6) is -20.6. The molecule has 0 saturated heterocycles. The number of hydrogen-bond acceptors (Lipinski definition) is 12. The van der Waals surface area contributed by atoms with Gasteiger partial charge in [-0.15, -0.1) is 0 Å². The Balaban J connectivity index is 0.00000143. The fraction of sp³-hybridized carbons (Fsp3) is 0.436. The molecule has 2 radical (unpaired) electrons. The first kappa shape index (κ1) is 49.6. The molecule has 0 aliphatic heterocycles. The number of aromatic nitrogens is 1. The van der Waals surface area contributed by atoms with E-state index in [1.807, 2.05) is 13.8 Å². The maximum Gasteiger partial charge on any atom is 0.335 e. The minimum absolute atomic E-state index is 0. The number of ether oxygens (including phenoxy) is 1. The maximum absolute atomic E-state index is 16.4. The smallest absolute Gasteiger partial charge is 0.335 e. The second-order valence-corrected chi connectivity index (χ2v) is 12.6. The van der Waals surface area contributed by atoms with E-state index in [1.165, 1.54) is 43.5 Å². The van der Waals surface area contributed by atoms with Crippen molar-refractivity contribution in [2.24, 2.45) is 0 Å². The van der Waals surface area contributed by atoms with E-state index in [1.54, 1.807) is 0 Å². The Hall–Kier alpha value is -4.46. The van der Waals surface area contributed by atoms with Crippen molar-refractivity contribution in [3.8, 4) is 22.6 Å². The zero-order valence-corrected chi connectivity index (χ0v) is 31.7. The molecule has 3 atom stereocenters. The molecule has 56 heavy (non-hydrogen) atoms. The van der Waals surface area contributed by atoms with Gasteiger partial charge in [0.25, 0.3) is 11.6 Å². The highest BCUT2D eigenvalue weighted by Crippen LogP contribution is 2.60. The third-order valence-corrected chi connectivity index (χ3v) is 9.41. The lowest BCUT2D eigenvalue weighted by Gasteiger charge is -2.59. The largest absolute Gasteiger partial charge is 0.494 e. The summed E-state index contributed by atoms with van der Waals surface area (Å²) in [6, 6.07) is 9.28. The van der Waals surface area contributed by atoms with Crippen molar-refractivity contribution < 1.29 is 64.3 Å². The van der Waals surface area contributed by atoms with E-state index in [0.29, 0.717) is 6.92 Å². The van der Waals surface area contributed by atoms with Crippen LogP contribution in [0.2, 0.25) is 5.82 Å². The zero-order chi connectivity index (χ0) is 42.4. The summed E-state index contributed by atoms with van der Waals surface area (Å²) in [6.07, 6.45) is 4.81. The third-order valence-electron chi connectivity index (χ3n) is 9.41. The number of benzene rings is 3. The second-order valence-electron chi connectivity index (χ2n) is 12.6. The monoisotopic (exact) mass is 789 g/mol. The molecule has 1 saturated carbocycles. The number of halogens is 2. The van der Waals surface area contributed by atoms with Crippen LogP contribution in [0.3, 0.4) is 0 Å². The van der Waals surface area contributed by atoms with Crippen molar-refractivity contribution in [2.45, 2.75) is 96.0 Å². The highest BCUT2D eigenvalue weighted by molar-refractivity contribution is 6.14. The summed E-state index contributed by atoms with van der Waals surface area (Å²) < 4.78 is 37.2. The Kier molecular flexibility index (Phi) is 16.9. The molecule has 12 N–H and O–H groups in total. The highest BCUT2D eigenvalue weighted by Gasteiger charge is 2.77. The number of nitrogens with one attached hydrogen (secondary N) is 1. The van der Waals surface area contributed by atoms with Gasteiger partial charge in [0.15, 0.2) is 17.4 Å². The van der Waals surface area contributed by atoms with Gasteiger partial charge in [-0.1, -0.05) is 66.5 Å². The number of carboxylic acids is 1. The molecule has 1 aliphatic carbocycles. The lowest BCUT2D eigenvalue weighted by atomic mass is 9.53. The summed E-state index contributed by atoms with van der Waals surface area (Å²) in [6.45, 7) is 9.12. The molecule has 1 fully saturated rings. The number of aromatic carboxylic acids is 1. The topological polar surface area (TPSA) is 263 Å². The van der Waals surface area contributed by atoms with Gasteiger partial charge in [0, 0.05) is 53.2 Å².